The van der Waals surface area contributed by atoms with E-state index in [2.05, 4.69) is 20.3 Å². The second-order valence-corrected chi connectivity index (χ2v) is 10.4. The summed E-state index contributed by atoms with van der Waals surface area (Å²) in [6.07, 6.45) is -11.2. The van der Waals surface area contributed by atoms with Gasteiger partial charge in [-0.05, 0) is 45.9 Å². The van der Waals surface area contributed by atoms with E-state index in [9.17, 15) is 31.5 Å². The number of aliphatic imine (C=N–C) groups is 1. The number of benzene rings is 1. The summed E-state index contributed by atoms with van der Waals surface area (Å²) in [7, 11) is 0. The van der Waals surface area contributed by atoms with Crippen molar-refractivity contribution in [3.8, 4) is 0 Å². The van der Waals surface area contributed by atoms with Crippen LogP contribution in [-0.2, 0) is 19.7 Å². The molecule has 222 valence electrons. The Bertz CT molecular complexity index is 1350. The lowest BCUT2D eigenvalue weighted by atomic mass is 9.74. The Labute approximate surface area is 229 Å². The maximum Gasteiger partial charge on any atom is 0.426 e. The van der Waals surface area contributed by atoms with Crippen LogP contribution in [-0.4, -0.2) is 58.6 Å². The molecule has 2 amide bonds. The number of carbonyl (C=O) groups excluding carboxylic acids is 2. The van der Waals surface area contributed by atoms with Gasteiger partial charge in [0.05, 0.1) is 31.0 Å². The van der Waals surface area contributed by atoms with Crippen LogP contribution < -0.4 is 10.6 Å². The predicted molar refractivity (Wildman–Crippen MR) is 130 cm³/mol. The third kappa shape index (κ3) is 6.36. The summed E-state index contributed by atoms with van der Waals surface area (Å²) in [5, 5.41) is 4.43. The van der Waals surface area contributed by atoms with Crippen molar-refractivity contribution >= 4 is 23.7 Å². The highest BCUT2D eigenvalue weighted by atomic mass is 19.4. The molecular weight excluding hydrogens is 564 g/mol. The molecule has 4 atom stereocenters. The third-order valence-corrected chi connectivity index (χ3v) is 6.24. The number of hydrogen-bond acceptors (Lipinski definition) is 8. The highest BCUT2D eigenvalue weighted by Crippen LogP contribution is 2.52. The Kier molecular flexibility index (Phi) is 7.90. The molecule has 1 aromatic carbocycles. The molecule has 2 aliphatic rings. The summed E-state index contributed by atoms with van der Waals surface area (Å²) in [5.41, 5.74) is -4.52. The molecule has 2 N–H and O–H groups in total. The molecule has 0 radical (unpaired) electrons. The van der Waals surface area contributed by atoms with E-state index >= 15 is 4.39 Å². The number of alkyl halides is 5. The Balaban J connectivity index is 1.74. The number of alkyl carbamates (subject to hydrolysis) is 1. The van der Waals surface area contributed by atoms with Gasteiger partial charge < -0.3 is 19.5 Å². The van der Waals surface area contributed by atoms with E-state index in [0.29, 0.717) is 6.20 Å². The number of fused-ring (bicyclic) bond motifs is 1. The lowest BCUT2D eigenvalue weighted by Crippen LogP contribution is -2.57. The maximum atomic E-state index is 15.4. The van der Waals surface area contributed by atoms with E-state index in [0.717, 1.165) is 24.4 Å². The second-order valence-electron chi connectivity index (χ2n) is 10.4. The number of carbonyl (C=O) groups is 2. The monoisotopic (exact) mass is 589 g/mol. The zero-order chi connectivity index (χ0) is 30.3. The zero-order valence-corrected chi connectivity index (χ0v) is 22.1. The first-order valence-electron chi connectivity index (χ1n) is 12.2. The molecule has 1 saturated heterocycles. The molecule has 3 heterocycles. The molecule has 3 unspecified atom stereocenters. The number of hydrogen-bond donors (Lipinski definition) is 2. The molecule has 4 rings (SSSR count). The van der Waals surface area contributed by atoms with Gasteiger partial charge in [-0.3, -0.25) is 9.78 Å². The van der Waals surface area contributed by atoms with Crippen LogP contribution in [0.15, 0.2) is 35.6 Å². The molecule has 2 aliphatic heterocycles. The molecule has 0 saturated carbocycles. The normalized spacial score (nSPS) is 24.3. The molecule has 41 heavy (non-hydrogen) atoms. The lowest BCUT2D eigenvalue weighted by Gasteiger charge is -2.41. The Morgan fingerprint density at radius 2 is 1.83 bits per heavy atom. The maximum absolute atomic E-state index is 15.4. The van der Waals surface area contributed by atoms with Crippen molar-refractivity contribution in [3.05, 3.63) is 53.4 Å². The second kappa shape index (κ2) is 10.8. The zero-order valence-electron chi connectivity index (χ0n) is 22.1. The van der Waals surface area contributed by atoms with Crippen LogP contribution in [0.1, 0.15) is 55.9 Å². The predicted octanol–water partition coefficient (Wildman–Crippen LogP) is 4.88. The summed E-state index contributed by atoms with van der Waals surface area (Å²) in [4.78, 5) is 36.3. The standard InChI is InChI=1S/C25H25F6N5O5/c1-11-17-18(25(29,30)31)40-21(35-22(38)41-23(2,3)4)36-24(17,10-39-11)13-7-12(5-6-14(13)26)34-20(37)16-9-32-15(8-33-16)19(27)28/h5-9,11,17-19H,10H2,1-4H3,(H,34,37)(H,35,36,38)/t11?,17?,18-,24?/m0/s1. The van der Waals surface area contributed by atoms with Crippen molar-refractivity contribution < 1.29 is 50.1 Å². The number of halogens is 6. The van der Waals surface area contributed by atoms with Crippen LogP contribution in [0.2, 0.25) is 0 Å². The first-order chi connectivity index (χ1) is 19.0. The van der Waals surface area contributed by atoms with Crippen molar-refractivity contribution in [3.63, 3.8) is 0 Å². The van der Waals surface area contributed by atoms with Gasteiger partial charge in [-0.15, -0.1) is 0 Å². The van der Waals surface area contributed by atoms with E-state index in [1.807, 2.05) is 5.32 Å². The van der Waals surface area contributed by atoms with Crippen LogP contribution in [0.3, 0.4) is 0 Å². The summed E-state index contributed by atoms with van der Waals surface area (Å²) in [5.74, 6) is -3.48. The Morgan fingerprint density at radius 1 is 1.12 bits per heavy atom. The first-order valence-corrected chi connectivity index (χ1v) is 12.2. The number of rotatable bonds is 4. The minimum atomic E-state index is -4.99. The smallest absolute Gasteiger partial charge is 0.426 e. The van der Waals surface area contributed by atoms with Gasteiger partial charge in [-0.25, -0.2) is 33.3 Å². The fraction of sp³-hybridized carbons (Fsp3) is 0.480. The molecule has 2 aromatic rings. The molecule has 16 heteroatoms. The number of amidine groups is 1. The average molecular weight is 589 g/mol. The van der Waals surface area contributed by atoms with Crippen LogP contribution in [0, 0.1) is 11.7 Å². The summed E-state index contributed by atoms with van der Waals surface area (Å²) >= 11 is 0. The van der Waals surface area contributed by atoms with Gasteiger partial charge in [0, 0.05) is 11.3 Å². The molecular formula is C25H25F6N5O5. The van der Waals surface area contributed by atoms with E-state index < -0.39 is 78.0 Å². The number of ether oxygens (including phenoxy) is 3. The van der Waals surface area contributed by atoms with Crippen molar-refractivity contribution in [2.24, 2.45) is 10.9 Å². The molecule has 1 fully saturated rings. The fourth-order valence-electron chi connectivity index (χ4n) is 4.59. The van der Waals surface area contributed by atoms with Crippen molar-refractivity contribution in [1.82, 2.24) is 15.3 Å². The highest BCUT2D eigenvalue weighted by molar-refractivity contribution is 6.02. The minimum Gasteiger partial charge on any atom is -0.451 e. The molecule has 1 aromatic heterocycles. The average Bonchev–Trinajstić information content (AvgIpc) is 3.20. The van der Waals surface area contributed by atoms with E-state index in [1.54, 1.807) is 0 Å². The number of nitrogens with one attached hydrogen (secondary N) is 2. The molecule has 10 nitrogen and oxygen atoms in total. The quantitative estimate of drug-likeness (QED) is 0.488. The van der Waals surface area contributed by atoms with Crippen molar-refractivity contribution in [2.45, 2.75) is 63.6 Å². The van der Waals surface area contributed by atoms with Crippen LogP contribution in [0.4, 0.5) is 36.8 Å². The largest absolute Gasteiger partial charge is 0.451 e. The summed E-state index contributed by atoms with van der Waals surface area (Å²) in [6, 6.07) is 2.24. The van der Waals surface area contributed by atoms with Crippen LogP contribution in [0.25, 0.3) is 0 Å². The SMILES string of the molecule is CC1OCC2(c3cc(NC(=O)c4cnc(C(F)F)cn4)ccc3F)N=C(NC(=O)OC(C)(C)C)O[C@H](C(F)(F)F)C12. The van der Waals surface area contributed by atoms with Gasteiger partial charge in [0.25, 0.3) is 18.4 Å². The molecule has 0 spiro atoms. The molecule has 0 bridgehead atoms. The number of aromatic nitrogens is 2. The van der Waals surface area contributed by atoms with Crippen molar-refractivity contribution in [2.75, 3.05) is 11.9 Å². The van der Waals surface area contributed by atoms with E-state index in [1.165, 1.54) is 27.7 Å². The Hall–Kier alpha value is -3.95. The van der Waals surface area contributed by atoms with Gasteiger partial charge in [0.2, 0.25) is 6.10 Å². The summed E-state index contributed by atoms with van der Waals surface area (Å²) in [6.45, 7) is 5.43. The van der Waals surface area contributed by atoms with Gasteiger partial charge >= 0.3 is 12.3 Å². The third-order valence-electron chi connectivity index (χ3n) is 6.24. The van der Waals surface area contributed by atoms with Gasteiger partial charge in [0.1, 0.15) is 28.3 Å². The Morgan fingerprint density at radius 3 is 2.41 bits per heavy atom. The summed E-state index contributed by atoms with van der Waals surface area (Å²) < 4.78 is 99.3. The number of amides is 2. The number of anilines is 1. The molecule has 0 aliphatic carbocycles. The van der Waals surface area contributed by atoms with Gasteiger partial charge in [-0.1, -0.05) is 0 Å². The first kappa shape index (κ1) is 30.0. The van der Waals surface area contributed by atoms with E-state index in [-0.39, 0.29) is 16.9 Å². The van der Waals surface area contributed by atoms with Gasteiger partial charge in [-0.2, -0.15) is 13.2 Å². The number of nitrogens with zero attached hydrogens (tertiary/aromatic N) is 3. The van der Waals surface area contributed by atoms with Gasteiger partial charge in [0.15, 0.2) is 0 Å². The van der Waals surface area contributed by atoms with Crippen LogP contribution in [0.5, 0.6) is 0 Å². The fourth-order valence-corrected chi connectivity index (χ4v) is 4.59. The topological polar surface area (TPSA) is 124 Å². The van der Waals surface area contributed by atoms with E-state index in [4.69, 9.17) is 14.2 Å². The highest BCUT2D eigenvalue weighted by Gasteiger charge is 2.64. The minimum absolute atomic E-state index is 0.0780. The van der Waals surface area contributed by atoms with Crippen LogP contribution >= 0.6 is 0 Å². The van der Waals surface area contributed by atoms with Crippen molar-refractivity contribution in [1.29, 1.82) is 0 Å². The lowest BCUT2D eigenvalue weighted by molar-refractivity contribution is -0.227.